The molecule has 0 unspecified atom stereocenters. The fraction of sp³-hybridized carbons (Fsp3) is 0.389. The molecule has 1 aliphatic carbocycles. The first kappa shape index (κ1) is 18.2. The summed E-state index contributed by atoms with van der Waals surface area (Å²) in [5, 5.41) is 16.1. The van der Waals surface area contributed by atoms with E-state index >= 15 is 0 Å². The molecule has 0 aliphatic heterocycles. The average Bonchev–Trinajstić information content (AvgIpc) is 3.36. The minimum absolute atomic E-state index is 0.121. The number of hydrogen-bond acceptors (Lipinski definition) is 7. The smallest absolute Gasteiger partial charge is 0.273 e. The zero-order valence-corrected chi connectivity index (χ0v) is 15.3. The van der Waals surface area contributed by atoms with Crippen molar-refractivity contribution >= 4 is 29.2 Å². The highest BCUT2D eigenvalue weighted by atomic mass is 32.1. The van der Waals surface area contributed by atoms with Gasteiger partial charge >= 0.3 is 0 Å². The summed E-state index contributed by atoms with van der Waals surface area (Å²) in [6, 6.07) is 9.81. The molecule has 0 saturated heterocycles. The number of rotatable bonds is 7. The van der Waals surface area contributed by atoms with Crippen molar-refractivity contribution in [3.05, 3.63) is 35.3 Å². The SMILES string of the molecule is N/N=C(\C=NCC1CCCC1)C(=O)NCc1nnc(-c2ccccc2)s1. The Kier molecular flexibility index (Phi) is 6.43. The van der Waals surface area contributed by atoms with Crippen LogP contribution in [0.25, 0.3) is 10.6 Å². The Balaban J connectivity index is 1.51. The van der Waals surface area contributed by atoms with Crippen LogP contribution in [-0.4, -0.2) is 34.6 Å². The molecule has 3 rings (SSSR count). The molecule has 0 bridgehead atoms. The van der Waals surface area contributed by atoms with Crippen LogP contribution in [0.3, 0.4) is 0 Å². The number of benzene rings is 1. The van der Waals surface area contributed by atoms with Crippen molar-refractivity contribution in [1.29, 1.82) is 0 Å². The molecule has 1 fully saturated rings. The first-order chi connectivity index (χ1) is 12.8. The average molecular weight is 370 g/mol. The lowest BCUT2D eigenvalue weighted by Gasteiger charge is -2.04. The lowest BCUT2D eigenvalue weighted by molar-refractivity contribution is -0.114. The predicted octanol–water partition coefficient (Wildman–Crippen LogP) is 2.40. The van der Waals surface area contributed by atoms with E-state index in [2.05, 4.69) is 25.6 Å². The molecule has 8 heteroatoms. The van der Waals surface area contributed by atoms with Gasteiger partial charge in [-0.2, -0.15) is 5.10 Å². The molecule has 26 heavy (non-hydrogen) atoms. The molecule has 2 aromatic rings. The van der Waals surface area contributed by atoms with Crippen molar-refractivity contribution < 1.29 is 4.79 Å². The Hall–Kier alpha value is -2.61. The summed E-state index contributed by atoms with van der Waals surface area (Å²) in [4.78, 5) is 16.5. The molecular formula is C18H22N6OS. The third-order valence-electron chi connectivity index (χ3n) is 4.31. The zero-order valence-electron chi connectivity index (χ0n) is 14.5. The second-order valence-electron chi connectivity index (χ2n) is 6.21. The number of hydrazone groups is 1. The molecule has 0 atom stereocenters. The van der Waals surface area contributed by atoms with Gasteiger partial charge in [0.15, 0.2) is 5.71 Å². The molecule has 1 aliphatic rings. The molecule has 1 aromatic heterocycles. The Morgan fingerprint density at radius 3 is 2.77 bits per heavy atom. The van der Waals surface area contributed by atoms with E-state index in [0.717, 1.165) is 22.1 Å². The number of aromatic nitrogens is 2. The largest absolute Gasteiger partial charge is 0.344 e. The molecule has 136 valence electrons. The van der Waals surface area contributed by atoms with E-state index in [1.165, 1.54) is 43.2 Å². The lowest BCUT2D eigenvalue weighted by atomic mass is 10.1. The fourth-order valence-corrected chi connectivity index (χ4v) is 3.69. The maximum atomic E-state index is 12.2. The van der Waals surface area contributed by atoms with Crippen molar-refractivity contribution in [3.8, 4) is 10.6 Å². The van der Waals surface area contributed by atoms with Gasteiger partial charge in [0.25, 0.3) is 5.91 Å². The summed E-state index contributed by atoms with van der Waals surface area (Å²) >= 11 is 1.44. The maximum absolute atomic E-state index is 12.2. The minimum atomic E-state index is -0.362. The van der Waals surface area contributed by atoms with Crippen molar-refractivity contribution in [1.82, 2.24) is 15.5 Å². The Bertz CT molecular complexity index is 780. The van der Waals surface area contributed by atoms with E-state index in [1.807, 2.05) is 30.3 Å². The van der Waals surface area contributed by atoms with Crippen LogP contribution in [-0.2, 0) is 11.3 Å². The summed E-state index contributed by atoms with van der Waals surface area (Å²) in [6.45, 7) is 1.00. The summed E-state index contributed by atoms with van der Waals surface area (Å²) in [7, 11) is 0. The summed E-state index contributed by atoms with van der Waals surface area (Å²) in [6.07, 6.45) is 6.42. The molecular weight excluding hydrogens is 348 g/mol. The number of aliphatic imine (C=N–C) groups is 1. The first-order valence-electron chi connectivity index (χ1n) is 8.70. The maximum Gasteiger partial charge on any atom is 0.273 e. The van der Waals surface area contributed by atoms with Gasteiger partial charge in [-0.3, -0.25) is 9.79 Å². The monoisotopic (exact) mass is 370 g/mol. The normalized spacial score (nSPS) is 15.6. The van der Waals surface area contributed by atoms with E-state index in [9.17, 15) is 4.79 Å². The predicted molar refractivity (Wildman–Crippen MR) is 104 cm³/mol. The lowest BCUT2D eigenvalue weighted by Crippen LogP contribution is -2.32. The Labute approximate surface area is 156 Å². The van der Waals surface area contributed by atoms with Crippen LogP contribution in [0.15, 0.2) is 40.4 Å². The molecule has 1 aromatic carbocycles. The van der Waals surface area contributed by atoms with Gasteiger partial charge in [0.1, 0.15) is 10.0 Å². The molecule has 3 N–H and O–H groups in total. The highest BCUT2D eigenvalue weighted by Crippen LogP contribution is 2.24. The van der Waals surface area contributed by atoms with Gasteiger partial charge in [0.05, 0.1) is 12.8 Å². The van der Waals surface area contributed by atoms with Crippen LogP contribution in [0.5, 0.6) is 0 Å². The van der Waals surface area contributed by atoms with Crippen LogP contribution < -0.4 is 11.2 Å². The van der Waals surface area contributed by atoms with Crippen molar-refractivity contribution in [2.45, 2.75) is 32.2 Å². The summed E-state index contributed by atoms with van der Waals surface area (Å²) in [5.41, 5.74) is 1.13. The van der Waals surface area contributed by atoms with Crippen LogP contribution in [0.4, 0.5) is 0 Å². The molecule has 0 spiro atoms. The molecule has 1 amide bonds. The third-order valence-corrected chi connectivity index (χ3v) is 5.28. The number of nitrogens with one attached hydrogen (secondary N) is 1. The van der Waals surface area contributed by atoms with Crippen molar-refractivity contribution in [3.63, 3.8) is 0 Å². The van der Waals surface area contributed by atoms with Crippen LogP contribution in [0.2, 0.25) is 0 Å². The van der Waals surface area contributed by atoms with Crippen LogP contribution in [0, 0.1) is 5.92 Å². The van der Waals surface area contributed by atoms with Crippen molar-refractivity contribution in [2.75, 3.05) is 6.54 Å². The second kappa shape index (κ2) is 9.19. The van der Waals surface area contributed by atoms with Crippen LogP contribution >= 0.6 is 11.3 Å². The number of carbonyl (C=O) groups excluding carboxylic acids is 1. The standard InChI is InChI=1S/C18H22N6OS/c19-22-15(11-20-10-13-6-4-5-7-13)17(25)21-12-16-23-24-18(26-16)14-8-2-1-3-9-14/h1-3,8-9,11,13H,4-7,10,12,19H2,(H,21,25)/b20-11?,22-15+. The van der Waals surface area contributed by atoms with Gasteiger partial charge in [-0.25, -0.2) is 0 Å². The minimum Gasteiger partial charge on any atom is -0.344 e. The van der Waals surface area contributed by atoms with E-state index < -0.39 is 0 Å². The van der Waals surface area contributed by atoms with Gasteiger partial charge in [0.2, 0.25) is 0 Å². The van der Waals surface area contributed by atoms with E-state index in [0.29, 0.717) is 5.92 Å². The molecule has 0 radical (unpaired) electrons. The summed E-state index contributed by atoms with van der Waals surface area (Å²) < 4.78 is 0. The van der Waals surface area contributed by atoms with Crippen molar-refractivity contribution in [2.24, 2.45) is 21.9 Å². The Morgan fingerprint density at radius 1 is 1.27 bits per heavy atom. The molecule has 1 saturated carbocycles. The van der Waals surface area contributed by atoms with E-state index in [1.54, 1.807) is 0 Å². The Morgan fingerprint density at radius 2 is 2.04 bits per heavy atom. The van der Waals surface area contributed by atoms with Gasteiger partial charge < -0.3 is 11.2 Å². The van der Waals surface area contributed by atoms with Gasteiger partial charge in [-0.05, 0) is 18.8 Å². The topological polar surface area (TPSA) is 106 Å². The van der Waals surface area contributed by atoms with Crippen LogP contribution in [0.1, 0.15) is 30.7 Å². The van der Waals surface area contributed by atoms with E-state index in [4.69, 9.17) is 5.84 Å². The molecule has 7 nitrogen and oxygen atoms in total. The highest BCUT2D eigenvalue weighted by molar-refractivity contribution is 7.14. The summed E-state index contributed by atoms with van der Waals surface area (Å²) in [5.74, 6) is 5.58. The van der Waals surface area contributed by atoms with Gasteiger partial charge in [-0.15, -0.1) is 10.2 Å². The fourth-order valence-electron chi connectivity index (χ4n) is 2.90. The number of amides is 1. The second-order valence-corrected chi connectivity index (χ2v) is 7.27. The zero-order chi connectivity index (χ0) is 18.2. The van der Waals surface area contributed by atoms with Gasteiger partial charge in [0, 0.05) is 12.1 Å². The molecule has 1 heterocycles. The number of nitrogens with two attached hydrogens (primary N) is 1. The highest BCUT2D eigenvalue weighted by Gasteiger charge is 2.15. The quantitative estimate of drug-likeness (QED) is 0.443. The first-order valence-corrected chi connectivity index (χ1v) is 9.51. The van der Waals surface area contributed by atoms with E-state index in [-0.39, 0.29) is 18.2 Å². The third kappa shape index (κ3) is 4.95. The number of hydrogen-bond donors (Lipinski definition) is 2. The number of carbonyl (C=O) groups is 1. The van der Waals surface area contributed by atoms with Gasteiger partial charge in [-0.1, -0.05) is 54.5 Å². The number of nitrogens with zero attached hydrogens (tertiary/aromatic N) is 4.